The molecular formula is C18H17ClN2O4. The number of hydrogen-bond acceptors (Lipinski definition) is 5. The molecule has 1 heterocycles. The summed E-state index contributed by atoms with van der Waals surface area (Å²) in [5.41, 5.74) is 1.82. The topological polar surface area (TPSA) is 84.6 Å². The van der Waals surface area contributed by atoms with E-state index in [9.17, 15) is 9.90 Å². The van der Waals surface area contributed by atoms with Gasteiger partial charge in [0.2, 0.25) is 0 Å². The number of aromatic nitrogens is 2. The van der Waals surface area contributed by atoms with Gasteiger partial charge in [-0.25, -0.2) is 4.79 Å². The maximum atomic E-state index is 12.3. The fourth-order valence-electron chi connectivity index (χ4n) is 2.48. The zero-order valence-electron chi connectivity index (χ0n) is 13.3. The van der Waals surface area contributed by atoms with Gasteiger partial charge >= 0.3 is 5.97 Å². The molecule has 130 valence electrons. The third-order valence-electron chi connectivity index (χ3n) is 3.75. The van der Waals surface area contributed by atoms with Crippen LogP contribution in [0.4, 0.5) is 0 Å². The molecule has 3 aromatic rings. The predicted octanol–water partition coefficient (Wildman–Crippen LogP) is 2.25. The highest BCUT2D eigenvalue weighted by atomic mass is 35.5. The van der Waals surface area contributed by atoms with Gasteiger partial charge in [-0.2, -0.15) is 5.10 Å². The van der Waals surface area contributed by atoms with Gasteiger partial charge in [0.15, 0.2) is 5.69 Å². The minimum atomic E-state index is -1.11. The lowest BCUT2D eigenvalue weighted by molar-refractivity contribution is 0.00897. The number of rotatable bonds is 6. The minimum absolute atomic E-state index is 0.160. The van der Waals surface area contributed by atoms with Crippen molar-refractivity contribution in [3.8, 4) is 0 Å². The van der Waals surface area contributed by atoms with Crippen LogP contribution in [0.15, 0.2) is 48.5 Å². The summed E-state index contributed by atoms with van der Waals surface area (Å²) in [4.78, 5) is 12.3. The van der Waals surface area contributed by atoms with Crippen molar-refractivity contribution >= 4 is 28.5 Å². The normalized spacial score (nSPS) is 12.3. The number of fused-ring (bicyclic) bond motifs is 1. The Morgan fingerprint density at radius 1 is 1.20 bits per heavy atom. The third kappa shape index (κ3) is 3.82. The summed E-state index contributed by atoms with van der Waals surface area (Å²) < 4.78 is 6.72. The number of benzene rings is 2. The molecule has 3 rings (SSSR count). The molecule has 0 saturated heterocycles. The van der Waals surface area contributed by atoms with Gasteiger partial charge in [-0.1, -0.05) is 48.0 Å². The molecule has 0 spiro atoms. The first-order valence-corrected chi connectivity index (χ1v) is 8.13. The van der Waals surface area contributed by atoms with Crippen LogP contribution in [0.3, 0.4) is 0 Å². The maximum Gasteiger partial charge on any atom is 0.359 e. The molecule has 0 fully saturated rings. The molecular weight excluding hydrogens is 344 g/mol. The van der Waals surface area contributed by atoms with Crippen LogP contribution >= 0.6 is 11.6 Å². The number of halogens is 1. The summed E-state index contributed by atoms with van der Waals surface area (Å²) >= 11 is 6.21. The van der Waals surface area contributed by atoms with E-state index in [2.05, 4.69) is 5.10 Å². The van der Waals surface area contributed by atoms with Crippen LogP contribution in [0.25, 0.3) is 10.9 Å². The molecule has 0 saturated carbocycles. The molecule has 7 heteroatoms. The fourth-order valence-corrected chi connectivity index (χ4v) is 2.68. The molecule has 0 bridgehead atoms. The Balaban J connectivity index is 1.93. The summed E-state index contributed by atoms with van der Waals surface area (Å²) in [6.07, 6.45) is -1.11. The van der Waals surface area contributed by atoms with Gasteiger partial charge in [0.1, 0.15) is 12.7 Å². The summed E-state index contributed by atoms with van der Waals surface area (Å²) in [6, 6.07) is 14.7. The van der Waals surface area contributed by atoms with Crippen LogP contribution in [0, 0.1) is 0 Å². The zero-order chi connectivity index (χ0) is 17.8. The number of esters is 1. The molecule has 0 aliphatic rings. The van der Waals surface area contributed by atoms with Gasteiger partial charge in [0.05, 0.1) is 18.7 Å². The van der Waals surface area contributed by atoms with Gasteiger partial charge in [0.25, 0.3) is 0 Å². The minimum Gasteiger partial charge on any atom is -0.458 e. The smallest absolute Gasteiger partial charge is 0.359 e. The van der Waals surface area contributed by atoms with Crippen LogP contribution < -0.4 is 0 Å². The lowest BCUT2D eigenvalue weighted by Gasteiger charge is -2.07. The average molecular weight is 361 g/mol. The second-order valence-corrected chi connectivity index (χ2v) is 5.96. The van der Waals surface area contributed by atoms with Crippen molar-refractivity contribution < 1.29 is 19.7 Å². The number of ether oxygens (including phenoxy) is 1. The molecule has 0 aliphatic carbocycles. The van der Waals surface area contributed by atoms with Crippen molar-refractivity contribution in [1.29, 1.82) is 0 Å². The van der Waals surface area contributed by atoms with Crippen LogP contribution in [-0.4, -0.2) is 45.3 Å². The van der Waals surface area contributed by atoms with Crippen LogP contribution in [0.1, 0.15) is 16.1 Å². The largest absolute Gasteiger partial charge is 0.458 e. The van der Waals surface area contributed by atoms with E-state index in [1.165, 1.54) is 0 Å². The van der Waals surface area contributed by atoms with Crippen molar-refractivity contribution in [2.45, 2.75) is 12.6 Å². The summed E-state index contributed by atoms with van der Waals surface area (Å²) in [6.45, 7) is -0.358. The van der Waals surface area contributed by atoms with Gasteiger partial charge in [0, 0.05) is 10.4 Å². The first-order chi connectivity index (χ1) is 12.1. The first kappa shape index (κ1) is 17.4. The average Bonchev–Trinajstić information content (AvgIpc) is 3.00. The van der Waals surface area contributed by atoms with Crippen molar-refractivity contribution in [2.75, 3.05) is 13.2 Å². The van der Waals surface area contributed by atoms with E-state index in [-0.39, 0.29) is 12.3 Å². The van der Waals surface area contributed by atoms with Gasteiger partial charge in [-0.15, -0.1) is 0 Å². The van der Waals surface area contributed by atoms with E-state index in [4.69, 9.17) is 21.4 Å². The molecule has 1 unspecified atom stereocenters. The fraction of sp³-hybridized carbons (Fsp3) is 0.222. The molecule has 0 amide bonds. The van der Waals surface area contributed by atoms with Gasteiger partial charge in [-0.3, -0.25) is 4.68 Å². The summed E-state index contributed by atoms with van der Waals surface area (Å²) in [5.74, 6) is -0.651. The third-order valence-corrected chi connectivity index (χ3v) is 4.12. The molecule has 2 aromatic carbocycles. The highest BCUT2D eigenvalue weighted by Crippen LogP contribution is 2.22. The van der Waals surface area contributed by atoms with E-state index in [1.54, 1.807) is 16.8 Å². The molecule has 0 radical (unpaired) electrons. The number of carbonyl (C=O) groups excluding carboxylic acids is 1. The molecule has 1 atom stereocenters. The summed E-state index contributed by atoms with van der Waals surface area (Å²) in [7, 11) is 0. The molecule has 6 nitrogen and oxygen atoms in total. The zero-order valence-corrected chi connectivity index (χ0v) is 14.1. The highest BCUT2D eigenvalue weighted by Gasteiger charge is 2.19. The van der Waals surface area contributed by atoms with Crippen LogP contribution in [0.2, 0.25) is 5.02 Å². The second-order valence-electron chi connectivity index (χ2n) is 5.55. The number of aliphatic hydroxyl groups is 2. The van der Waals surface area contributed by atoms with Crippen molar-refractivity contribution in [1.82, 2.24) is 9.78 Å². The Morgan fingerprint density at radius 3 is 2.68 bits per heavy atom. The van der Waals surface area contributed by atoms with Crippen molar-refractivity contribution in [3.63, 3.8) is 0 Å². The Labute approximate surface area is 149 Å². The lowest BCUT2D eigenvalue weighted by atomic mass is 10.2. The Hall–Kier alpha value is -2.41. The Kier molecular flexibility index (Phi) is 5.33. The van der Waals surface area contributed by atoms with Crippen LogP contribution in [-0.2, 0) is 11.3 Å². The number of carbonyl (C=O) groups is 1. The SMILES string of the molecule is O=C(OCC(O)CO)c1nn(Cc2ccccc2Cl)c2ccccc12. The van der Waals surface area contributed by atoms with E-state index in [0.29, 0.717) is 17.0 Å². The quantitative estimate of drug-likeness (QED) is 0.659. The van der Waals surface area contributed by atoms with Gasteiger partial charge < -0.3 is 14.9 Å². The number of para-hydroxylation sites is 1. The predicted molar refractivity (Wildman–Crippen MR) is 93.7 cm³/mol. The van der Waals surface area contributed by atoms with Gasteiger partial charge in [-0.05, 0) is 17.7 Å². The first-order valence-electron chi connectivity index (χ1n) is 7.75. The molecule has 2 N–H and O–H groups in total. The molecule has 1 aromatic heterocycles. The standard InChI is InChI=1S/C18H17ClN2O4/c19-15-7-3-1-5-12(15)9-21-16-8-4-2-6-14(16)17(20-21)18(24)25-11-13(23)10-22/h1-8,13,22-23H,9-11H2. The van der Waals surface area contributed by atoms with Crippen molar-refractivity contribution in [3.05, 3.63) is 64.8 Å². The Morgan fingerprint density at radius 2 is 1.92 bits per heavy atom. The van der Waals surface area contributed by atoms with Crippen LogP contribution in [0.5, 0.6) is 0 Å². The highest BCUT2D eigenvalue weighted by molar-refractivity contribution is 6.31. The van der Waals surface area contributed by atoms with Crippen molar-refractivity contribution in [2.24, 2.45) is 0 Å². The maximum absolute atomic E-state index is 12.3. The summed E-state index contributed by atoms with van der Waals surface area (Å²) in [5, 5.41) is 23.8. The van der Waals surface area contributed by atoms with E-state index in [0.717, 1.165) is 11.1 Å². The molecule has 0 aliphatic heterocycles. The molecule has 25 heavy (non-hydrogen) atoms. The number of nitrogens with zero attached hydrogens (tertiary/aromatic N) is 2. The van der Waals surface area contributed by atoms with E-state index >= 15 is 0 Å². The van der Waals surface area contributed by atoms with E-state index < -0.39 is 18.7 Å². The van der Waals surface area contributed by atoms with E-state index in [1.807, 2.05) is 36.4 Å². The lowest BCUT2D eigenvalue weighted by Crippen LogP contribution is -2.22. The Bertz CT molecular complexity index is 894. The number of hydrogen-bond donors (Lipinski definition) is 2. The second kappa shape index (κ2) is 7.65. The monoisotopic (exact) mass is 360 g/mol. The number of aliphatic hydroxyl groups excluding tert-OH is 2.